The van der Waals surface area contributed by atoms with Crippen LogP contribution in [0.2, 0.25) is 0 Å². The highest BCUT2D eigenvalue weighted by Gasteiger charge is 2.26. The van der Waals surface area contributed by atoms with Crippen LogP contribution >= 0.6 is 11.8 Å². The van der Waals surface area contributed by atoms with E-state index in [2.05, 4.69) is 17.1 Å². The molecule has 3 aromatic rings. The molecule has 1 aliphatic heterocycles. The molecule has 0 bridgehead atoms. The van der Waals surface area contributed by atoms with Gasteiger partial charge in [-0.25, -0.2) is 4.39 Å². The SMILES string of the molecule is CC[C@H]1CCCCN1C(=O)CSc1nnc(-c2ccccc2)n1-c1ccc(F)cc1. The van der Waals surface area contributed by atoms with E-state index in [1.807, 2.05) is 39.8 Å². The number of hydrogen-bond donors (Lipinski definition) is 0. The van der Waals surface area contributed by atoms with E-state index in [4.69, 9.17) is 0 Å². The van der Waals surface area contributed by atoms with Crippen molar-refractivity contribution < 1.29 is 9.18 Å². The van der Waals surface area contributed by atoms with E-state index in [9.17, 15) is 9.18 Å². The third-order valence-corrected chi connectivity index (χ3v) is 6.41. The Bertz CT molecular complexity index is 990. The van der Waals surface area contributed by atoms with Crippen LogP contribution in [0.15, 0.2) is 59.8 Å². The highest BCUT2D eigenvalue weighted by Crippen LogP contribution is 2.29. The van der Waals surface area contributed by atoms with Gasteiger partial charge in [0.25, 0.3) is 0 Å². The maximum absolute atomic E-state index is 13.5. The van der Waals surface area contributed by atoms with Crippen molar-refractivity contribution in [2.45, 2.75) is 43.8 Å². The number of piperidine rings is 1. The Morgan fingerprint density at radius 1 is 1.10 bits per heavy atom. The number of carbonyl (C=O) groups excluding carboxylic acids is 1. The molecule has 0 spiro atoms. The van der Waals surface area contributed by atoms with Gasteiger partial charge in [-0.2, -0.15) is 0 Å². The Morgan fingerprint density at radius 3 is 2.60 bits per heavy atom. The summed E-state index contributed by atoms with van der Waals surface area (Å²) in [6.07, 6.45) is 4.32. The Morgan fingerprint density at radius 2 is 1.87 bits per heavy atom. The van der Waals surface area contributed by atoms with Gasteiger partial charge in [-0.1, -0.05) is 49.0 Å². The van der Waals surface area contributed by atoms with Crippen molar-refractivity contribution in [2.24, 2.45) is 0 Å². The zero-order chi connectivity index (χ0) is 20.9. The van der Waals surface area contributed by atoms with Crippen molar-refractivity contribution in [1.29, 1.82) is 0 Å². The fraction of sp³-hybridized carbons (Fsp3) is 0.348. The number of benzene rings is 2. The molecule has 0 aliphatic carbocycles. The summed E-state index contributed by atoms with van der Waals surface area (Å²) >= 11 is 1.38. The number of halogens is 1. The van der Waals surface area contributed by atoms with Gasteiger partial charge in [0, 0.05) is 23.8 Å². The number of rotatable bonds is 6. The monoisotopic (exact) mass is 424 g/mol. The second-order valence-electron chi connectivity index (χ2n) is 7.42. The number of thioether (sulfide) groups is 1. The van der Waals surface area contributed by atoms with Gasteiger partial charge in [0.1, 0.15) is 5.82 Å². The van der Waals surface area contributed by atoms with Crippen LogP contribution in [0.25, 0.3) is 17.1 Å². The lowest BCUT2D eigenvalue weighted by molar-refractivity contribution is -0.132. The molecular weight excluding hydrogens is 399 g/mol. The molecule has 2 heterocycles. The van der Waals surface area contributed by atoms with Crippen LogP contribution in [0.4, 0.5) is 4.39 Å². The average Bonchev–Trinajstić information content (AvgIpc) is 3.22. The summed E-state index contributed by atoms with van der Waals surface area (Å²) in [6, 6.07) is 16.3. The number of hydrogen-bond acceptors (Lipinski definition) is 4. The molecule has 1 saturated heterocycles. The molecule has 2 aromatic carbocycles. The summed E-state index contributed by atoms with van der Waals surface area (Å²) in [4.78, 5) is 14.9. The van der Waals surface area contributed by atoms with E-state index in [-0.39, 0.29) is 11.7 Å². The smallest absolute Gasteiger partial charge is 0.233 e. The fourth-order valence-corrected chi connectivity index (χ4v) is 4.76. The normalized spacial score (nSPS) is 16.6. The van der Waals surface area contributed by atoms with E-state index in [0.29, 0.717) is 22.8 Å². The van der Waals surface area contributed by atoms with Crippen LogP contribution < -0.4 is 0 Å². The molecule has 1 aromatic heterocycles. The topological polar surface area (TPSA) is 51.0 Å². The second kappa shape index (κ2) is 9.43. The number of nitrogens with zero attached hydrogens (tertiary/aromatic N) is 4. The molecule has 0 radical (unpaired) electrons. The van der Waals surface area contributed by atoms with Crippen molar-refractivity contribution in [2.75, 3.05) is 12.3 Å². The number of carbonyl (C=O) groups is 1. The summed E-state index contributed by atoms with van der Waals surface area (Å²) in [6.45, 7) is 2.97. The molecular formula is C23H25FN4OS. The number of likely N-dealkylation sites (tertiary alicyclic amines) is 1. The first-order valence-corrected chi connectivity index (χ1v) is 11.3. The molecule has 0 unspecified atom stereocenters. The standard InChI is InChI=1S/C23H25FN4OS/c1-2-19-10-6-7-15-27(19)21(29)16-30-23-26-25-22(17-8-4-3-5-9-17)28(23)20-13-11-18(24)12-14-20/h3-5,8-9,11-14,19H,2,6-7,10,15-16H2,1H3/t19-/m0/s1. The van der Waals surface area contributed by atoms with Gasteiger partial charge in [0.15, 0.2) is 11.0 Å². The quantitative estimate of drug-likeness (QED) is 0.525. The molecule has 156 valence electrons. The lowest BCUT2D eigenvalue weighted by atomic mass is 10.0. The van der Waals surface area contributed by atoms with Gasteiger partial charge in [-0.15, -0.1) is 10.2 Å². The molecule has 7 heteroatoms. The molecule has 1 fully saturated rings. The summed E-state index contributed by atoms with van der Waals surface area (Å²) in [5, 5.41) is 9.36. The molecule has 1 aliphatic rings. The first-order chi connectivity index (χ1) is 14.7. The van der Waals surface area contributed by atoms with Gasteiger partial charge >= 0.3 is 0 Å². The van der Waals surface area contributed by atoms with Crippen LogP contribution in [0.5, 0.6) is 0 Å². The Hall–Kier alpha value is -2.67. The predicted molar refractivity (Wildman–Crippen MR) is 117 cm³/mol. The number of amides is 1. The van der Waals surface area contributed by atoms with Crippen LogP contribution in [0.1, 0.15) is 32.6 Å². The minimum Gasteiger partial charge on any atom is -0.339 e. The predicted octanol–water partition coefficient (Wildman–Crippen LogP) is 4.96. The van der Waals surface area contributed by atoms with Gasteiger partial charge in [-0.05, 0) is 49.9 Å². The van der Waals surface area contributed by atoms with Crippen molar-refractivity contribution in [3.05, 3.63) is 60.4 Å². The van der Waals surface area contributed by atoms with E-state index in [1.165, 1.54) is 30.3 Å². The van der Waals surface area contributed by atoms with Crippen molar-refractivity contribution in [3.8, 4) is 17.1 Å². The Balaban J connectivity index is 1.61. The second-order valence-corrected chi connectivity index (χ2v) is 8.36. The minimum absolute atomic E-state index is 0.140. The highest BCUT2D eigenvalue weighted by atomic mass is 32.2. The lowest BCUT2D eigenvalue weighted by Crippen LogP contribution is -2.44. The summed E-state index contributed by atoms with van der Waals surface area (Å²) < 4.78 is 15.4. The molecule has 5 nitrogen and oxygen atoms in total. The highest BCUT2D eigenvalue weighted by molar-refractivity contribution is 7.99. The van der Waals surface area contributed by atoms with Crippen molar-refractivity contribution in [3.63, 3.8) is 0 Å². The van der Waals surface area contributed by atoms with E-state index < -0.39 is 0 Å². The molecule has 30 heavy (non-hydrogen) atoms. The van der Waals surface area contributed by atoms with Gasteiger partial charge in [-0.3, -0.25) is 9.36 Å². The minimum atomic E-state index is -0.298. The van der Waals surface area contributed by atoms with Crippen LogP contribution in [-0.2, 0) is 4.79 Å². The maximum atomic E-state index is 13.5. The first kappa shape index (κ1) is 20.6. The van der Waals surface area contributed by atoms with Crippen LogP contribution in [0.3, 0.4) is 0 Å². The largest absolute Gasteiger partial charge is 0.339 e. The van der Waals surface area contributed by atoms with Crippen molar-refractivity contribution in [1.82, 2.24) is 19.7 Å². The maximum Gasteiger partial charge on any atom is 0.233 e. The summed E-state index contributed by atoms with van der Waals surface area (Å²) in [5.74, 6) is 0.821. The van der Waals surface area contributed by atoms with Crippen LogP contribution in [-0.4, -0.2) is 43.9 Å². The molecule has 0 N–H and O–H groups in total. The average molecular weight is 425 g/mol. The van der Waals surface area contributed by atoms with E-state index >= 15 is 0 Å². The number of aromatic nitrogens is 3. The summed E-state index contributed by atoms with van der Waals surface area (Å²) in [5.41, 5.74) is 1.68. The molecule has 0 saturated carbocycles. The lowest BCUT2D eigenvalue weighted by Gasteiger charge is -2.35. The summed E-state index contributed by atoms with van der Waals surface area (Å²) in [7, 11) is 0. The van der Waals surface area contributed by atoms with Gasteiger partial charge < -0.3 is 4.90 Å². The fourth-order valence-electron chi connectivity index (χ4n) is 3.92. The molecule has 1 amide bonds. The zero-order valence-electron chi connectivity index (χ0n) is 17.0. The van der Waals surface area contributed by atoms with Gasteiger partial charge in [0.05, 0.1) is 5.75 Å². The Labute approximate surface area is 180 Å². The van der Waals surface area contributed by atoms with Crippen molar-refractivity contribution >= 4 is 17.7 Å². The third-order valence-electron chi connectivity index (χ3n) is 5.49. The zero-order valence-corrected chi connectivity index (χ0v) is 17.8. The third kappa shape index (κ3) is 4.41. The first-order valence-electron chi connectivity index (χ1n) is 10.4. The van der Waals surface area contributed by atoms with Gasteiger partial charge in [0.2, 0.25) is 5.91 Å². The van der Waals surface area contributed by atoms with E-state index in [1.54, 1.807) is 12.1 Å². The molecule has 1 atom stereocenters. The van der Waals surface area contributed by atoms with Crippen LogP contribution in [0, 0.1) is 5.82 Å². The van der Waals surface area contributed by atoms with E-state index in [0.717, 1.165) is 37.1 Å². The molecule has 4 rings (SSSR count). The Kier molecular flexibility index (Phi) is 6.47.